The van der Waals surface area contributed by atoms with Gasteiger partial charge in [0.1, 0.15) is 0 Å². The lowest BCUT2D eigenvalue weighted by atomic mass is 9.71. The molecule has 3 aromatic carbocycles. The molecule has 2 fully saturated rings. The molecule has 3 aliphatic rings. The van der Waals surface area contributed by atoms with Crippen LogP contribution in [0.2, 0.25) is 0 Å². The zero-order valence-electron chi connectivity index (χ0n) is 27.5. The number of rotatable bonds is 4. The topological polar surface area (TPSA) is 26.0 Å². The Hall–Kier alpha value is -3.13. The molecule has 2 N–H and O–H groups in total. The summed E-state index contributed by atoms with van der Waals surface area (Å²) >= 11 is 0. The molecule has 0 unspecified atom stereocenters. The molecule has 0 radical (unpaired) electrons. The highest BCUT2D eigenvalue weighted by molar-refractivity contribution is 6.15. The number of benzene rings is 3. The number of hydrogen-bond donors (Lipinski definition) is 2. The Balaban J connectivity index is 1.24. The van der Waals surface area contributed by atoms with Gasteiger partial charge in [-0.15, -0.1) is 0 Å². The highest BCUT2D eigenvalue weighted by Gasteiger charge is 2.33. The fraction of sp³-hybridized carbons (Fsp3) is 0.488. The SMILES string of the molecule is CC(C)(C)C1CCC(Nc2ccc(/C=C3/C=CC(=[NH+]C4CCC(C(C)(C)C)CC4)c4ccccc43)c3ccccc23)CC1. The Kier molecular flexibility index (Phi) is 8.42. The first-order valence-corrected chi connectivity index (χ1v) is 17.0. The highest BCUT2D eigenvalue weighted by atomic mass is 14.9. The van der Waals surface area contributed by atoms with Crippen LogP contribution in [0.4, 0.5) is 5.69 Å². The third-order valence-electron chi connectivity index (χ3n) is 10.8. The van der Waals surface area contributed by atoms with E-state index in [0.29, 0.717) is 22.9 Å². The zero-order chi connectivity index (χ0) is 30.2. The smallest absolute Gasteiger partial charge is 0.206 e. The lowest BCUT2D eigenvalue weighted by Crippen LogP contribution is -2.80. The lowest BCUT2D eigenvalue weighted by Gasteiger charge is -2.37. The third kappa shape index (κ3) is 6.69. The van der Waals surface area contributed by atoms with Crippen molar-refractivity contribution in [1.82, 2.24) is 0 Å². The first-order chi connectivity index (χ1) is 20.6. The Labute approximate surface area is 260 Å². The molecule has 0 bridgehead atoms. The van der Waals surface area contributed by atoms with Gasteiger partial charge >= 0.3 is 0 Å². The van der Waals surface area contributed by atoms with Crippen LogP contribution in [0.25, 0.3) is 22.4 Å². The fourth-order valence-corrected chi connectivity index (χ4v) is 7.96. The van der Waals surface area contributed by atoms with Crippen LogP contribution >= 0.6 is 0 Å². The Morgan fingerprint density at radius 2 is 1.21 bits per heavy atom. The molecule has 3 aliphatic carbocycles. The predicted molar refractivity (Wildman–Crippen MR) is 186 cm³/mol. The second-order valence-corrected chi connectivity index (χ2v) is 15.8. The van der Waals surface area contributed by atoms with Crippen molar-refractivity contribution in [2.45, 2.75) is 105 Å². The van der Waals surface area contributed by atoms with Gasteiger partial charge in [-0.05, 0) is 108 Å². The average Bonchev–Trinajstić information content (AvgIpc) is 2.99. The normalized spacial score (nSPS) is 26.6. The van der Waals surface area contributed by atoms with Crippen molar-refractivity contribution in [1.29, 1.82) is 0 Å². The van der Waals surface area contributed by atoms with Crippen molar-refractivity contribution >= 4 is 33.8 Å². The average molecular weight is 574 g/mol. The molecule has 0 saturated heterocycles. The maximum absolute atomic E-state index is 3.95. The minimum atomic E-state index is 0.416. The minimum Gasteiger partial charge on any atom is -0.382 e. The summed E-state index contributed by atoms with van der Waals surface area (Å²) in [6.45, 7) is 14.4. The summed E-state index contributed by atoms with van der Waals surface area (Å²) < 4.78 is 0. The van der Waals surface area contributed by atoms with Crippen molar-refractivity contribution in [3.63, 3.8) is 0 Å². The summed E-state index contributed by atoms with van der Waals surface area (Å²) in [7, 11) is 0. The molecule has 0 amide bonds. The Bertz CT molecular complexity index is 1520. The summed E-state index contributed by atoms with van der Waals surface area (Å²) in [5.74, 6) is 1.67. The van der Waals surface area contributed by atoms with Crippen LogP contribution in [0.5, 0.6) is 0 Å². The van der Waals surface area contributed by atoms with E-state index in [1.807, 2.05) is 0 Å². The fourth-order valence-electron chi connectivity index (χ4n) is 7.96. The molecule has 2 saturated carbocycles. The standard InChI is InChI=1S/C41H52N2/c1-40(2,3)30-17-21-32(22-18-30)42-38-25-15-28(34-11-7-9-13-36(34)38)27-29-16-26-39(37-14-10-8-12-35(29)37)43-33-23-19-31(20-24-33)41(4,5)6/h7-16,25-27,30-33,42H,17-24H2,1-6H3/p+1/b29-27-,43-39?. The lowest BCUT2D eigenvalue weighted by molar-refractivity contribution is -0.507. The maximum Gasteiger partial charge on any atom is 0.206 e. The van der Waals surface area contributed by atoms with E-state index in [4.69, 9.17) is 0 Å². The summed E-state index contributed by atoms with van der Waals surface area (Å²) in [6.07, 6.45) is 17.3. The van der Waals surface area contributed by atoms with Crippen molar-refractivity contribution in [2.24, 2.45) is 22.7 Å². The van der Waals surface area contributed by atoms with Gasteiger partial charge in [-0.1, -0.05) is 90.1 Å². The van der Waals surface area contributed by atoms with E-state index in [1.54, 1.807) is 0 Å². The zero-order valence-corrected chi connectivity index (χ0v) is 27.5. The monoisotopic (exact) mass is 573 g/mol. The van der Waals surface area contributed by atoms with Gasteiger partial charge in [0.25, 0.3) is 0 Å². The maximum atomic E-state index is 3.95. The quantitative estimate of drug-likeness (QED) is 0.319. The van der Waals surface area contributed by atoms with Gasteiger partial charge in [-0.3, -0.25) is 0 Å². The number of nitrogens with one attached hydrogen (secondary N) is 2. The van der Waals surface area contributed by atoms with E-state index in [0.717, 1.165) is 11.8 Å². The molecule has 6 rings (SSSR count). The van der Waals surface area contributed by atoms with Gasteiger partial charge in [0, 0.05) is 36.0 Å². The minimum absolute atomic E-state index is 0.416. The molecule has 2 heteroatoms. The molecular formula is C41H53N2+. The van der Waals surface area contributed by atoms with Crippen molar-refractivity contribution in [3.05, 3.63) is 89.5 Å². The molecule has 0 atom stereocenters. The number of anilines is 1. The van der Waals surface area contributed by atoms with Gasteiger partial charge in [0.15, 0.2) is 6.04 Å². The molecule has 3 aromatic rings. The Morgan fingerprint density at radius 3 is 1.86 bits per heavy atom. The number of fused-ring (bicyclic) bond motifs is 2. The van der Waals surface area contributed by atoms with Gasteiger partial charge in [0.05, 0.1) is 5.56 Å². The molecule has 0 spiro atoms. The molecule has 0 heterocycles. The molecule has 0 aromatic heterocycles. The highest BCUT2D eigenvalue weighted by Crippen LogP contribution is 2.40. The molecule has 226 valence electrons. The molecule has 0 aliphatic heterocycles. The van der Waals surface area contributed by atoms with Crippen LogP contribution in [0.15, 0.2) is 72.8 Å². The first kappa shape index (κ1) is 29.9. The first-order valence-electron chi connectivity index (χ1n) is 17.0. The van der Waals surface area contributed by atoms with Gasteiger partial charge in [0.2, 0.25) is 5.71 Å². The van der Waals surface area contributed by atoms with Crippen LogP contribution in [0.1, 0.15) is 110 Å². The summed E-state index contributed by atoms with van der Waals surface area (Å²) in [4.78, 5) is 3.95. The second kappa shape index (κ2) is 12.1. The van der Waals surface area contributed by atoms with Crippen LogP contribution < -0.4 is 10.3 Å². The molecule has 2 nitrogen and oxygen atoms in total. The predicted octanol–water partition coefficient (Wildman–Crippen LogP) is 9.44. The van der Waals surface area contributed by atoms with Crippen LogP contribution in [0, 0.1) is 22.7 Å². The Morgan fingerprint density at radius 1 is 0.628 bits per heavy atom. The van der Waals surface area contributed by atoms with Gasteiger partial charge in [-0.2, -0.15) is 0 Å². The molecular weight excluding hydrogens is 520 g/mol. The van der Waals surface area contributed by atoms with E-state index in [-0.39, 0.29) is 0 Å². The van der Waals surface area contributed by atoms with Crippen molar-refractivity contribution in [3.8, 4) is 0 Å². The summed E-state index contributed by atoms with van der Waals surface area (Å²) in [5, 5.41) is 6.59. The van der Waals surface area contributed by atoms with Gasteiger partial charge in [-0.25, -0.2) is 4.99 Å². The molecule has 43 heavy (non-hydrogen) atoms. The summed E-state index contributed by atoms with van der Waals surface area (Å²) in [5.41, 5.74) is 8.58. The van der Waals surface area contributed by atoms with E-state index >= 15 is 0 Å². The second-order valence-electron chi connectivity index (χ2n) is 15.8. The number of hydrogen-bond acceptors (Lipinski definition) is 1. The van der Waals surface area contributed by atoms with Crippen LogP contribution in [-0.4, -0.2) is 17.8 Å². The largest absolute Gasteiger partial charge is 0.382 e. The number of allylic oxidation sites excluding steroid dienone is 3. The van der Waals surface area contributed by atoms with Crippen molar-refractivity contribution in [2.75, 3.05) is 5.32 Å². The van der Waals surface area contributed by atoms with E-state index < -0.39 is 0 Å². The van der Waals surface area contributed by atoms with Crippen LogP contribution in [0.3, 0.4) is 0 Å². The van der Waals surface area contributed by atoms with Gasteiger partial charge < -0.3 is 5.32 Å². The van der Waals surface area contributed by atoms with Crippen molar-refractivity contribution < 1.29 is 4.99 Å². The third-order valence-corrected chi connectivity index (χ3v) is 10.8. The van der Waals surface area contributed by atoms with E-state index in [2.05, 4.69) is 131 Å². The summed E-state index contributed by atoms with van der Waals surface area (Å²) in [6, 6.07) is 23.6. The van der Waals surface area contributed by atoms with Crippen LogP contribution in [-0.2, 0) is 0 Å². The van der Waals surface area contributed by atoms with E-state index in [1.165, 1.54) is 95.8 Å². The van der Waals surface area contributed by atoms with E-state index in [9.17, 15) is 0 Å².